The summed E-state index contributed by atoms with van der Waals surface area (Å²) in [5.41, 5.74) is 6.10. The number of hydrogen-bond donors (Lipinski definition) is 1. The van der Waals surface area contributed by atoms with Gasteiger partial charge in [0.15, 0.2) is 0 Å². The fourth-order valence-electron chi connectivity index (χ4n) is 4.16. The molecule has 1 N–H and O–H groups in total. The molecule has 0 fully saturated rings. The van der Waals surface area contributed by atoms with Crippen molar-refractivity contribution in [3.8, 4) is 0 Å². The molecule has 3 unspecified atom stereocenters. The third-order valence-electron chi connectivity index (χ3n) is 5.47. The van der Waals surface area contributed by atoms with Gasteiger partial charge in [-0.25, -0.2) is 0 Å². The second-order valence-corrected chi connectivity index (χ2v) is 8.58. The van der Waals surface area contributed by atoms with Gasteiger partial charge >= 0.3 is 0 Å². The first-order valence-electron chi connectivity index (χ1n) is 11.0. The van der Waals surface area contributed by atoms with Crippen LogP contribution in [0.4, 0.5) is 0 Å². The summed E-state index contributed by atoms with van der Waals surface area (Å²) in [5.74, 6) is 0.974. The maximum atomic E-state index is 5.05. The fraction of sp³-hybridized carbons (Fsp3) is 0.393. The standard InChI is InChI=1S/C28H38N2/c1-8-12-21(4)15-25-17-26(19-29-7)28(30-18-20(2)3)27(25)23(6)16-22(5)24-13-10-9-11-14-24/h8-14,16-18,20,26-29H,4,6,15,19H2,1-3,5,7H3/b12-8-,22-16+,30-18+. The molecular formula is C28H38N2. The minimum absolute atomic E-state index is 0.167. The van der Waals surface area contributed by atoms with Crippen molar-refractivity contribution in [1.82, 2.24) is 5.32 Å². The predicted octanol–water partition coefficient (Wildman–Crippen LogP) is 6.66. The summed E-state index contributed by atoms with van der Waals surface area (Å²) in [5, 5.41) is 3.35. The highest BCUT2D eigenvalue weighted by atomic mass is 14.9. The van der Waals surface area contributed by atoms with Crippen molar-refractivity contribution >= 4 is 11.8 Å². The Balaban J connectivity index is 2.41. The van der Waals surface area contributed by atoms with E-state index in [-0.39, 0.29) is 12.0 Å². The zero-order valence-corrected chi connectivity index (χ0v) is 19.4. The molecule has 0 radical (unpaired) electrons. The van der Waals surface area contributed by atoms with Gasteiger partial charge < -0.3 is 5.32 Å². The van der Waals surface area contributed by atoms with Gasteiger partial charge in [0.25, 0.3) is 0 Å². The van der Waals surface area contributed by atoms with Gasteiger partial charge in [-0.15, -0.1) is 0 Å². The minimum Gasteiger partial charge on any atom is -0.319 e. The van der Waals surface area contributed by atoms with Crippen LogP contribution < -0.4 is 5.32 Å². The van der Waals surface area contributed by atoms with Crippen molar-refractivity contribution in [2.75, 3.05) is 13.6 Å². The van der Waals surface area contributed by atoms with Gasteiger partial charge in [0, 0.05) is 24.6 Å². The quantitative estimate of drug-likeness (QED) is 0.264. The van der Waals surface area contributed by atoms with E-state index in [2.05, 4.69) is 100 Å². The predicted molar refractivity (Wildman–Crippen MR) is 134 cm³/mol. The Hall–Kier alpha value is -2.45. The summed E-state index contributed by atoms with van der Waals surface area (Å²) in [7, 11) is 2.01. The number of rotatable bonds is 10. The normalized spacial score (nSPS) is 22.3. The molecule has 160 valence electrons. The Labute approximate surface area is 183 Å². The van der Waals surface area contributed by atoms with Gasteiger partial charge in [-0.1, -0.05) is 92.8 Å². The van der Waals surface area contributed by atoms with Crippen LogP contribution in [0.25, 0.3) is 5.57 Å². The molecule has 2 heteroatoms. The van der Waals surface area contributed by atoms with Crippen LogP contribution in [0.2, 0.25) is 0 Å². The summed E-state index contributed by atoms with van der Waals surface area (Å²) < 4.78 is 0. The second kappa shape index (κ2) is 11.7. The first-order chi connectivity index (χ1) is 14.4. The third kappa shape index (κ3) is 6.53. The van der Waals surface area contributed by atoms with Gasteiger partial charge in [-0.2, -0.15) is 0 Å². The number of nitrogens with zero attached hydrogens (tertiary/aromatic N) is 1. The van der Waals surface area contributed by atoms with Crippen molar-refractivity contribution in [2.45, 2.75) is 40.2 Å². The van der Waals surface area contributed by atoms with E-state index in [4.69, 9.17) is 4.99 Å². The van der Waals surface area contributed by atoms with E-state index in [1.807, 2.05) is 14.0 Å². The van der Waals surface area contributed by atoms with Gasteiger partial charge in [-0.3, -0.25) is 4.99 Å². The van der Waals surface area contributed by atoms with Crippen molar-refractivity contribution in [3.05, 3.63) is 90.1 Å². The highest BCUT2D eigenvalue weighted by Crippen LogP contribution is 2.41. The highest BCUT2D eigenvalue weighted by Gasteiger charge is 2.37. The molecule has 3 atom stereocenters. The summed E-state index contributed by atoms with van der Waals surface area (Å²) >= 11 is 0. The summed E-state index contributed by atoms with van der Waals surface area (Å²) in [6.45, 7) is 18.2. The smallest absolute Gasteiger partial charge is 0.0676 e. The van der Waals surface area contributed by atoms with Crippen LogP contribution in [-0.2, 0) is 0 Å². The zero-order chi connectivity index (χ0) is 22.1. The first-order valence-corrected chi connectivity index (χ1v) is 11.0. The molecular weight excluding hydrogens is 364 g/mol. The topological polar surface area (TPSA) is 24.4 Å². The number of nitrogens with one attached hydrogen (secondary N) is 1. The Morgan fingerprint density at radius 3 is 2.50 bits per heavy atom. The summed E-state index contributed by atoms with van der Waals surface area (Å²) in [4.78, 5) is 5.05. The average Bonchev–Trinajstić information content (AvgIpc) is 3.04. The van der Waals surface area contributed by atoms with Gasteiger partial charge in [0.1, 0.15) is 0 Å². The number of allylic oxidation sites excluding steroid dienone is 5. The number of benzene rings is 1. The van der Waals surface area contributed by atoms with Crippen LogP contribution in [0, 0.1) is 17.8 Å². The molecule has 0 spiro atoms. The summed E-state index contributed by atoms with van der Waals surface area (Å²) in [6.07, 6.45) is 11.8. The highest BCUT2D eigenvalue weighted by molar-refractivity contribution is 5.67. The largest absolute Gasteiger partial charge is 0.319 e. The second-order valence-electron chi connectivity index (χ2n) is 8.58. The molecule has 0 bridgehead atoms. The van der Waals surface area contributed by atoms with Crippen LogP contribution in [-0.4, -0.2) is 25.8 Å². The van der Waals surface area contributed by atoms with Gasteiger partial charge in [-0.05, 0) is 49.9 Å². The van der Waals surface area contributed by atoms with Crippen LogP contribution in [0.3, 0.4) is 0 Å². The Bertz CT molecular complexity index is 837. The van der Waals surface area contributed by atoms with E-state index in [0.29, 0.717) is 11.8 Å². The number of hydrogen-bond acceptors (Lipinski definition) is 2. The Morgan fingerprint density at radius 2 is 1.90 bits per heavy atom. The van der Waals surface area contributed by atoms with E-state index in [0.717, 1.165) is 24.1 Å². The SMILES string of the molecule is C=C(/C=C\C)CC1=CC(CNC)C(/N=C/C(C)C)C1C(=C)/C=C(\C)c1ccccc1. The van der Waals surface area contributed by atoms with Crippen molar-refractivity contribution < 1.29 is 0 Å². The average molecular weight is 403 g/mol. The lowest BCUT2D eigenvalue weighted by Crippen LogP contribution is -2.29. The summed E-state index contributed by atoms with van der Waals surface area (Å²) in [6, 6.07) is 10.7. The van der Waals surface area contributed by atoms with Crippen LogP contribution >= 0.6 is 0 Å². The van der Waals surface area contributed by atoms with E-state index >= 15 is 0 Å². The minimum atomic E-state index is 0.167. The third-order valence-corrected chi connectivity index (χ3v) is 5.47. The monoisotopic (exact) mass is 402 g/mol. The van der Waals surface area contributed by atoms with Crippen molar-refractivity contribution in [1.29, 1.82) is 0 Å². The molecule has 2 nitrogen and oxygen atoms in total. The molecule has 0 saturated carbocycles. The van der Waals surface area contributed by atoms with E-state index in [9.17, 15) is 0 Å². The van der Waals surface area contributed by atoms with Crippen LogP contribution in [0.5, 0.6) is 0 Å². The Kier molecular flexibility index (Phi) is 9.26. The molecule has 0 aromatic heterocycles. The van der Waals surface area contributed by atoms with E-state index in [1.54, 1.807) is 0 Å². The molecule has 2 rings (SSSR count). The molecule has 0 amide bonds. The molecule has 0 saturated heterocycles. The van der Waals surface area contributed by atoms with Gasteiger partial charge in [0.2, 0.25) is 0 Å². The molecule has 0 aliphatic heterocycles. The molecule has 1 aliphatic carbocycles. The molecule has 0 heterocycles. The molecule has 30 heavy (non-hydrogen) atoms. The maximum Gasteiger partial charge on any atom is 0.0676 e. The Morgan fingerprint density at radius 1 is 1.20 bits per heavy atom. The molecule has 1 aromatic rings. The molecule has 1 aliphatic rings. The fourth-order valence-corrected chi connectivity index (χ4v) is 4.16. The van der Waals surface area contributed by atoms with Crippen LogP contribution in [0.1, 0.15) is 39.7 Å². The zero-order valence-electron chi connectivity index (χ0n) is 19.4. The number of aliphatic imine (C=N–C) groups is 1. The molecule has 1 aromatic carbocycles. The van der Waals surface area contributed by atoms with E-state index in [1.165, 1.54) is 16.7 Å². The van der Waals surface area contributed by atoms with E-state index < -0.39 is 0 Å². The van der Waals surface area contributed by atoms with Crippen molar-refractivity contribution in [2.24, 2.45) is 22.7 Å². The lowest BCUT2D eigenvalue weighted by atomic mass is 9.84. The van der Waals surface area contributed by atoms with Crippen molar-refractivity contribution in [3.63, 3.8) is 0 Å². The maximum absolute atomic E-state index is 5.05. The lowest BCUT2D eigenvalue weighted by Gasteiger charge is -2.25. The van der Waals surface area contributed by atoms with Crippen LogP contribution in [0.15, 0.2) is 89.5 Å². The lowest BCUT2D eigenvalue weighted by molar-refractivity contribution is 0.454. The van der Waals surface area contributed by atoms with Gasteiger partial charge in [0.05, 0.1) is 6.04 Å². The first kappa shape index (κ1) is 23.8.